The quantitative estimate of drug-likeness (QED) is 0.641. The molecule has 2 heterocycles. The molecular formula is C13H20N2O6S. The maximum atomic E-state index is 11.7. The third kappa shape index (κ3) is 3.93. The highest BCUT2D eigenvalue weighted by atomic mass is 32.1. The lowest BCUT2D eigenvalue weighted by molar-refractivity contribution is -0.0218. The second-order valence-corrected chi connectivity index (χ2v) is 7.02. The largest absolute Gasteiger partial charge is 0.444 e. The van der Waals surface area contributed by atoms with Crippen LogP contribution < -0.4 is 5.32 Å². The van der Waals surface area contributed by atoms with E-state index in [1.165, 1.54) is 6.20 Å². The van der Waals surface area contributed by atoms with Crippen molar-refractivity contribution in [2.75, 3.05) is 11.9 Å². The molecule has 0 aromatic carbocycles. The molecule has 4 atom stereocenters. The third-order valence-electron chi connectivity index (χ3n) is 2.95. The van der Waals surface area contributed by atoms with Crippen molar-refractivity contribution in [2.24, 2.45) is 0 Å². The maximum absolute atomic E-state index is 11.7. The second-order valence-electron chi connectivity index (χ2n) is 5.95. The summed E-state index contributed by atoms with van der Waals surface area (Å²) in [6.07, 6.45) is -3.15. The zero-order chi connectivity index (χ0) is 16.5. The van der Waals surface area contributed by atoms with Crippen LogP contribution in [0.4, 0.5) is 9.93 Å². The molecule has 2 rings (SSSR count). The van der Waals surface area contributed by atoms with Gasteiger partial charge in [-0.25, -0.2) is 9.78 Å². The first-order valence-corrected chi connectivity index (χ1v) is 7.61. The van der Waals surface area contributed by atoms with Gasteiger partial charge >= 0.3 is 6.09 Å². The molecule has 0 unspecified atom stereocenters. The van der Waals surface area contributed by atoms with Crippen molar-refractivity contribution in [3.8, 4) is 0 Å². The van der Waals surface area contributed by atoms with Crippen molar-refractivity contribution in [3.05, 3.63) is 11.1 Å². The molecular weight excluding hydrogens is 312 g/mol. The van der Waals surface area contributed by atoms with Gasteiger partial charge in [-0.1, -0.05) is 11.3 Å². The summed E-state index contributed by atoms with van der Waals surface area (Å²) < 4.78 is 10.5. The molecule has 9 heteroatoms. The molecule has 0 spiro atoms. The molecule has 8 nitrogen and oxygen atoms in total. The highest BCUT2D eigenvalue weighted by Gasteiger charge is 2.43. The van der Waals surface area contributed by atoms with Gasteiger partial charge in [0.25, 0.3) is 0 Å². The minimum Gasteiger partial charge on any atom is -0.444 e. The van der Waals surface area contributed by atoms with E-state index in [2.05, 4.69) is 10.3 Å². The first-order valence-electron chi connectivity index (χ1n) is 6.79. The molecule has 1 aromatic rings. The number of hydrogen-bond donors (Lipinski definition) is 4. The molecule has 4 N–H and O–H groups in total. The number of nitrogens with one attached hydrogen (secondary N) is 1. The standard InChI is InChI=1S/C13H20N2O6S/c1-13(2,3)21-12(19)15-11-14-4-7(22-11)10-9(18)8(17)6(5-16)20-10/h4,6,8-10,16-18H,5H2,1-3H3,(H,14,15,19)/t6-,8-,9-,10-/m1/s1. The SMILES string of the molecule is CC(C)(C)OC(=O)Nc1ncc([C@H]2O[C@H](CO)[C@@H](O)[C@H]2O)s1. The molecule has 1 aromatic heterocycles. The lowest BCUT2D eigenvalue weighted by atomic mass is 10.1. The number of ether oxygens (including phenoxy) is 2. The molecule has 0 radical (unpaired) electrons. The van der Waals surface area contributed by atoms with Crippen molar-refractivity contribution in [3.63, 3.8) is 0 Å². The average Bonchev–Trinajstić information content (AvgIpc) is 2.94. The predicted octanol–water partition coefficient (Wildman–Crippen LogP) is 0.644. The summed E-state index contributed by atoms with van der Waals surface area (Å²) in [6.45, 7) is 4.85. The highest BCUT2D eigenvalue weighted by molar-refractivity contribution is 7.15. The van der Waals surface area contributed by atoms with Gasteiger partial charge in [-0.3, -0.25) is 5.32 Å². The molecule has 1 saturated heterocycles. The summed E-state index contributed by atoms with van der Waals surface area (Å²) in [5, 5.41) is 31.5. The Morgan fingerprint density at radius 1 is 1.45 bits per heavy atom. The molecule has 1 aliphatic heterocycles. The monoisotopic (exact) mass is 332 g/mol. The molecule has 1 aliphatic rings. The Morgan fingerprint density at radius 3 is 2.68 bits per heavy atom. The van der Waals surface area contributed by atoms with Crippen LogP contribution in [0.25, 0.3) is 0 Å². The molecule has 124 valence electrons. The van der Waals surface area contributed by atoms with Crippen LogP contribution in [0.2, 0.25) is 0 Å². The summed E-state index contributed by atoms with van der Waals surface area (Å²) in [4.78, 5) is 16.2. The number of aromatic nitrogens is 1. The van der Waals surface area contributed by atoms with E-state index in [-0.39, 0.29) is 0 Å². The summed E-state index contributed by atoms with van der Waals surface area (Å²) in [6, 6.07) is 0. The van der Waals surface area contributed by atoms with Gasteiger partial charge in [-0.2, -0.15) is 0 Å². The van der Waals surface area contributed by atoms with E-state index in [0.717, 1.165) is 11.3 Å². The fraction of sp³-hybridized carbons (Fsp3) is 0.692. The molecule has 0 aliphatic carbocycles. The predicted molar refractivity (Wildman–Crippen MR) is 78.7 cm³/mol. The van der Waals surface area contributed by atoms with Gasteiger partial charge in [0.2, 0.25) is 0 Å². The fourth-order valence-corrected chi connectivity index (χ4v) is 2.88. The van der Waals surface area contributed by atoms with E-state index in [9.17, 15) is 15.0 Å². The lowest BCUT2D eigenvalue weighted by Gasteiger charge is -2.18. The van der Waals surface area contributed by atoms with E-state index in [0.29, 0.717) is 10.0 Å². The Hall–Kier alpha value is -1.26. The van der Waals surface area contributed by atoms with Crippen LogP contribution in [-0.2, 0) is 9.47 Å². The van der Waals surface area contributed by atoms with Crippen LogP contribution in [0.5, 0.6) is 0 Å². The number of anilines is 1. The summed E-state index contributed by atoms with van der Waals surface area (Å²) in [7, 11) is 0. The summed E-state index contributed by atoms with van der Waals surface area (Å²) in [5.41, 5.74) is -0.618. The van der Waals surface area contributed by atoms with E-state index in [4.69, 9.17) is 14.6 Å². The van der Waals surface area contributed by atoms with Crippen LogP contribution in [0.3, 0.4) is 0 Å². The zero-order valence-corrected chi connectivity index (χ0v) is 13.3. The molecule has 1 fully saturated rings. The normalized spacial score (nSPS) is 28.6. The topological polar surface area (TPSA) is 121 Å². The number of aliphatic hydroxyl groups is 3. The summed E-state index contributed by atoms with van der Waals surface area (Å²) >= 11 is 1.10. The zero-order valence-electron chi connectivity index (χ0n) is 12.5. The second kappa shape index (κ2) is 6.47. The minimum absolute atomic E-state index is 0.294. The Bertz CT molecular complexity index is 529. The van der Waals surface area contributed by atoms with Crippen molar-refractivity contribution < 1.29 is 29.6 Å². The lowest BCUT2D eigenvalue weighted by Crippen LogP contribution is -2.32. The van der Waals surface area contributed by atoms with E-state index >= 15 is 0 Å². The average molecular weight is 332 g/mol. The van der Waals surface area contributed by atoms with Crippen LogP contribution in [-0.4, -0.2) is 56.9 Å². The smallest absolute Gasteiger partial charge is 0.413 e. The van der Waals surface area contributed by atoms with Crippen molar-refractivity contribution in [1.29, 1.82) is 0 Å². The highest BCUT2D eigenvalue weighted by Crippen LogP contribution is 2.37. The van der Waals surface area contributed by atoms with Crippen molar-refractivity contribution >= 4 is 22.6 Å². The number of aliphatic hydroxyl groups excluding tert-OH is 3. The van der Waals surface area contributed by atoms with Crippen molar-refractivity contribution in [1.82, 2.24) is 4.98 Å². The Kier molecular flexibility index (Phi) is 5.03. The summed E-state index contributed by atoms with van der Waals surface area (Å²) in [5.74, 6) is 0. The van der Waals surface area contributed by atoms with Gasteiger partial charge in [-0.05, 0) is 20.8 Å². The van der Waals surface area contributed by atoms with Gasteiger partial charge in [0.1, 0.15) is 30.0 Å². The molecule has 22 heavy (non-hydrogen) atoms. The first kappa shape index (κ1) is 17.1. The third-order valence-corrected chi connectivity index (χ3v) is 3.93. The Morgan fingerprint density at radius 2 is 2.14 bits per heavy atom. The number of carbonyl (C=O) groups is 1. The Labute approximate surface area is 131 Å². The Balaban J connectivity index is 2.01. The number of nitrogens with zero attached hydrogens (tertiary/aromatic N) is 1. The van der Waals surface area contributed by atoms with Gasteiger partial charge < -0.3 is 24.8 Å². The minimum atomic E-state index is -1.17. The van der Waals surface area contributed by atoms with Crippen LogP contribution in [0.15, 0.2) is 6.20 Å². The van der Waals surface area contributed by atoms with Gasteiger partial charge in [0.05, 0.1) is 11.5 Å². The van der Waals surface area contributed by atoms with Gasteiger partial charge in [0.15, 0.2) is 5.13 Å². The van der Waals surface area contributed by atoms with E-state index < -0.39 is 42.7 Å². The number of amides is 1. The van der Waals surface area contributed by atoms with Crippen LogP contribution in [0.1, 0.15) is 31.8 Å². The van der Waals surface area contributed by atoms with Gasteiger partial charge in [0, 0.05) is 6.20 Å². The number of rotatable bonds is 3. The van der Waals surface area contributed by atoms with E-state index in [1.807, 2.05) is 0 Å². The van der Waals surface area contributed by atoms with Gasteiger partial charge in [-0.15, -0.1) is 0 Å². The first-order chi connectivity index (χ1) is 10.2. The maximum Gasteiger partial charge on any atom is 0.413 e. The number of thiazole rings is 1. The number of hydrogen-bond acceptors (Lipinski definition) is 8. The number of carbonyl (C=O) groups excluding carboxylic acids is 1. The molecule has 1 amide bonds. The van der Waals surface area contributed by atoms with Crippen LogP contribution >= 0.6 is 11.3 Å². The van der Waals surface area contributed by atoms with E-state index in [1.54, 1.807) is 20.8 Å². The molecule has 0 saturated carbocycles. The van der Waals surface area contributed by atoms with Crippen LogP contribution in [0, 0.1) is 0 Å². The van der Waals surface area contributed by atoms with Crippen molar-refractivity contribution in [2.45, 2.75) is 50.8 Å². The molecule has 0 bridgehead atoms. The fourth-order valence-electron chi connectivity index (χ4n) is 2.00.